The van der Waals surface area contributed by atoms with Gasteiger partial charge in [-0.05, 0) is 39.0 Å². The molecule has 0 spiro atoms. The highest BCUT2D eigenvalue weighted by Crippen LogP contribution is 2.15. The number of esters is 1. The molecule has 0 aliphatic carbocycles. The van der Waals surface area contributed by atoms with Crippen molar-refractivity contribution in [2.45, 2.75) is 103 Å². The average Bonchev–Trinajstić information content (AvgIpc) is 3.19. The summed E-state index contributed by atoms with van der Waals surface area (Å²) in [6.07, 6.45) is 21.2. The smallest absolute Gasteiger partial charge is 0.323 e. The number of hydrogen-bond acceptors (Lipinski definition) is 4. The second kappa shape index (κ2) is 17.2. The van der Waals surface area contributed by atoms with Crippen LogP contribution in [0.2, 0.25) is 0 Å². The molecule has 4 heteroatoms. The molecule has 1 aliphatic rings. The van der Waals surface area contributed by atoms with Gasteiger partial charge in [0.05, 0.1) is 6.61 Å². The maximum Gasteiger partial charge on any atom is 0.323 e. The summed E-state index contributed by atoms with van der Waals surface area (Å²) in [6.45, 7) is 7.37. The molecule has 0 radical (unpaired) electrons. The summed E-state index contributed by atoms with van der Waals surface area (Å²) in [4.78, 5) is 14.4. The van der Waals surface area contributed by atoms with Crippen LogP contribution in [-0.2, 0) is 9.53 Å². The molecule has 158 valence electrons. The van der Waals surface area contributed by atoms with Gasteiger partial charge in [0.1, 0.15) is 6.04 Å². The summed E-state index contributed by atoms with van der Waals surface area (Å²) < 4.78 is 5.27. The number of ether oxygens (including phenoxy) is 1. The third kappa shape index (κ3) is 12.2. The van der Waals surface area contributed by atoms with Crippen LogP contribution in [0.25, 0.3) is 0 Å². The molecule has 0 amide bonds. The number of carbonyl (C=O) groups is 1. The van der Waals surface area contributed by atoms with E-state index in [0.717, 1.165) is 32.6 Å². The lowest BCUT2D eigenvalue weighted by Gasteiger charge is -2.24. The lowest BCUT2D eigenvalue weighted by molar-refractivity contribution is -0.149. The third-order valence-electron chi connectivity index (χ3n) is 5.38. The van der Waals surface area contributed by atoms with Gasteiger partial charge in [0.15, 0.2) is 0 Å². The fourth-order valence-corrected chi connectivity index (χ4v) is 3.71. The lowest BCUT2D eigenvalue weighted by atomic mass is 10.0. The van der Waals surface area contributed by atoms with E-state index in [1.165, 1.54) is 70.6 Å². The Morgan fingerprint density at radius 1 is 0.963 bits per heavy atom. The SMILES string of the molecule is CCCCCCCC/C=C\CCCCCCC(C(=O)OCC)N1CCNC1. The molecular formula is C23H44N2O2. The number of nitrogens with one attached hydrogen (secondary N) is 1. The van der Waals surface area contributed by atoms with E-state index >= 15 is 0 Å². The van der Waals surface area contributed by atoms with Gasteiger partial charge in [0.25, 0.3) is 0 Å². The molecule has 0 bridgehead atoms. The van der Waals surface area contributed by atoms with Gasteiger partial charge >= 0.3 is 5.97 Å². The van der Waals surface area contributed by atoms with E-state index < -0.39 is 0 Å². The first-order chi connectivity index (χ1) is 13.3. The minimum Gasteiger partial charge on any atom is -0.465 e. The van der Waals surface area contributed by atoms with Crippen LogP contribution in [-0.4, -0.2) is 43.3 Å². The Bertz CT molecular complexity index is 379. The highest BCUT2D eigenvalue weighted by atomic mass is 16.5. The molecule has 27 heavy (non-hydrogen) atoms. The topological polar surface area (TPSA) is 41.6 Å². The van der Waals surface area contributed by atoms with Gasteiger partial charge in [-0.15, -0.1) is 0 Å². The Morgan fingerprint density at radius 2 is 1.59 bits per heavy atom. The van der Waals surface area contributed by atoms with E-state index in [4.69, 9.17) is 4.74 Å². The Kier molecular flexibility index (Phi) is 15.4. The summed E-state index contributed by atoms with van der Waals surface area (Å²) in [5.41, 5.74) is 0. The van der Waals surface area contributed by atoms with Crippen LogP contribution in [0.1, 0.15) is 97.3 Å². The van der Waals surface area contributed by atoms with Crippen LogP contribution in [0.15, 0.2) is 12.2 Å². The van der Waals surface area contributed by atoms with Crippen LogP contribution in [0.5, 0.6) is 0 Å². The summed E-state index contributed by atoms with van der Waals surface area (Å²) in [7, 11) is 0. The van der Waals surface area contributed by atoms with E-state index in [1.54, 1.807) is 0 Å². The molecular weight excluding hydrogens is 336 g/mol. The number of nitrogens with zero attached hydrogens (tertiary/aromatic N) is 1. The first-order valence-electron chi connectivity index (χ1n) is 11.6. The fourth-order valence-electron chi connectivity index (χ4n) is 3.71. The average molecular weight is 381 g/mol. The van der Waals surface area contributed by atoms with Crippen molar-refractivity contribution >= 4 is 5.97 Å². The molecule has 1 N–H and O–H groups in total. The number of carbonyl (C=O) groups excluding carboxylic acids is 1. The predicted octanol–water partition coefficient (Wildman–Crippen LogP) is 5.43. The van der Waals surface area contributed by atoms with Gasteiger partial charge < -0.3 is 10.1 Å². The number of unbranched alkanes of at least 4 members (excludes halogenated alkanes) is 10. The molecule has 1 atom stereocenters. The first kappa shape index (κ1) is 24.2. The first-order valence-corrected chi connectivity index (χ1v) is 11.6. The number of rotatable bonds is 17. The predicted molar refractivity (Wildman–Crippen MR) is 115 cm³/mol. The summed E-state index contributed by atoms with van der Waals surface area (Å²) in [6, 6.07) is -0.0582. The zero-order valence-corrected chi connectivity index (χ0v) is 18.0. The van der Waals surface area contributed by atoms with Crippen LogP contribution in [0, 0.1) is 0 Å². The van der Waals surface area contributed by atoms with Gasteiger partial charge in [-0.25, -0.2) is 0 Å². The Balaban J connectivity index is 1.99. The molecule has 0 aromatic heterocycles. The van der Waals surface area contributed by atoms with E-state index in [-0.39, 0.29) is 12.0 Å². The molecule has 1 heterocycles. The van der Waals surface area contributed by atoms with Crippen LogP contribution < -0.4 is 5.32 Å². The number of hydrogen-bond donors (Lipinski definition) is 1. The van der Waals surface area contributed by atoms with Crippen molar-refractivity contribution in [2.75, 3.05) is 26.4 Å². The highest BCUT2D eigenvalue weighted by molar-refractivity contribution is 5.75. The van der Waals surface area contributed by atoms with E-state index in [2.05, 4.69) is 29.3 Å². The summed E-state index contributed by atoms with van der Waals surface area (Å²) in [5.74, 6) is -0.0428. The van der Waals surface area contributed by atoms with Crippen molar-refractivity contribution in [3.63, 3.8) is 0 Å². The molecule has 1 unspecified atom stereocenters. The van der Waals surface area contributed by atoms with Gasteiger partial charge in [-0.3, -0.25) is 9.69 Å². The van der Waals surface area contributed by atoms with E-state index in [0.29, 0.717) is 6.61 Å². The monoisotopic (exact) mass is 380 g/mol. The second-order valence-electron chi connectivity index (χ2n) is 7.76. The standard InChI is InChI=1S/C23H44N2O2/c1-3-5-6-7-8-9-10-11-12-13-14-15-16-17-18-22(23(26)27-4-2)25-20-19-24-21-25/h11-12,22,24H,3-10,13-21H2,1-2H3/b12-11-. The maximum absolute atomic E-state index is 12.2. The minimum atomic E-state index is -0.0582. The zero-order chi connectivity index (χ0) is 19.6. The molecule has 1 rings (SSSR count). The quantitative estimate of drug-likeness (QED) is 0.208. The van der Waals surface area contributed by atoms with Crippen molar-refractivity contribution in [3.8, 4) is 0 Å². The summed E-state index contributed by atoms with van der Waals surface area (Å²) >= 11 is 0. The van der Waals surface area contributed by atoms with Crippen LogP contribution >= 0.6 is 0 Å². The van der Waals surface area contributed by atoms with Crippen molar-refractivity contribution in [1.29, 1.82) is 0 Å². The van der Waals surface area contributed by atoms with Crippen molar-refractivity contribution in [2.24, 2.45) is 0 Å². The van der Waals surface area contributed by atoms with Gasteiger partial charge in [-0.2, -0.15) is 0 Å². The third-order valence-corrected chi connectivity index (χ3v) is 5.38. The second-order valence-corrected chi connectivity index (χ2v) is 7.76. The zero-order valence-electron chi connectivity index (χ0n) is 18.0. The number of allylic oxidation sites excluding steroid dienone is 2. The van der Waals surface area contributed by atoms with Gasteiger partial charge in [0, 0.05) is 19.8 Å². The molecule has 1 saturated heterocycles. The van der Waals surface area contributed by atoms with Gasteiger partial charge in [0.2, 0.25) is 0 Å². The van der Waals surface area contributed by atoms with E-state index in [9.17, 15) is 4.79 Å². The highest BCUT2D eigenvalue weighted by Gasteiger charge is 2.28. The van der Waals surface area contributed by atoms with E-state index in [1.807, 2.05) is 6.92 Å². The fraction of sp³-hybridized carbons (Fsp3) is 0.870. The molecule has 0 saturated carbocycles. The molecule has 1 aliphatic heterocycles. The Labute approximate surface area is 168 Å². The molecule has 0 aromatic rings. The summed E-state index contributed by atoms with van der Waals surface area (Å²) in [5, 5.41) is 3.31. The molecule has 4 nitrogen and oxygen atoms in total. The maximum atomic E-state index is 12.2. The Hall–Kier alpha value is -0.870. The molecule has 1 fully saturated rings. The van der Waals surface area contributed by atoms with Crippen molar-refractivity contribution < 1.29 is 9.53 Å². The Morgan fingerprint density at radius 3 is 2.19 bits per heavy atom. The van der Waals surface area contributed by atoms with Crippen molar-refractivity contribution in [3.05, 3.63) is 12.2 Å². The van der Waals surface area contributed by atoms with Gasteiger partial charge in [-0.1, -0.05) is 70.4 Å². The minimum absolute atomic E-state index is 0.0428. The normalized spacial score (nSPS) is 16.2. The lowest BCUT2D eigenvalue weighted by Crippen LogP contribution is -2.41. The van der Waals surface area contributed by atoms with Crippen LogP contribution in [0.4, 0.5) is 0 Å². The molecule has 0 aromatic carbocycles. The van der Waals surface area contributed by atoms with Crippen molar-refractivity contribution in [1.82, 2.24) is 10.2 Å². The van der Waals surface area contributed by atoms with Crippen LogP contribution in [0.3, 0.4) is 0 Å². The largest absolute Gasteiger partial charge is 0.465 e.